The summed E-state index contributed by atoms with van der Waals surface area (Å²) in [6.07, 6.45) is 2.60. The van der Waals surface area contributed by atoms with E-state index in [1.165, 1.54) is 18.5 Å². The number of aromatic nitrogens is 2. The molecule has 1 N–H and O–H groups in total. The third kappa shape index (κ3) is 2.98. The van der Waals surface area contributed by atoms with E-state index in [-0.39, 0.29) is 11.8 Å². The molecule has 0 aliphatic rings. The van der Waals surface area contributed by atoms with Crippen molar-refractivity contribution in [1.29, 1.82) is 0 Å². The number of hydrogen-bond donors (Lipinski definition) is 1. The SMILES string of the molecule is O=C(O)c1cc(Oc2ncc(Cl)cn2)ccc1[N+](=O)[O-]. The molecule has 1 aromatic carbocycles. The Morgan fingerprint density at radius 3 is 2.55 bits per heavy atom. The monoisotopic (exact) mass is 295 g/mol. The van der Waals surface area contributed by atoms with E-state index in [1.54, 1.807) is 0 Å². The zero-order valence-electron chi connectivity index (χ0n) is 9.69. The van der Waals surface area contributed by atoms with Gasteiger partial charge in [0.15, 0.2) is 0 Å². The second kappa shape index (κ2) is 5.49. The molecule has 102 valence electrons. The molecule has 0 aliphatic carbocycles. The van der Waals surface area contributed by atoms with Crippen molar-refractivity contribution in [3.05, 3.63) is 51.3 Å². The number of halogens is 1. The van der Waals surface area contributed by atoms with Crippen molar-refractivity contribution >= 4 is 23.3 Å². The molecule has 0 amide bonds. The Morgan fingerprint density at radius 1 is 1.35 bits per heavy atom. The molecule has 0 bridgehead atoms. The number of carboxylic acids is 1. The van der Waals surface area contributed by atoms with Crippen LogP contribution in [0.25, 0.3) is 0 Å². The molecular formula is C11H6ClN3O5. The van der Waals surface area contributed by atoms with E-state index in [1.807, 2.05) is 0 Å². The minimum atomic E-state index is -1.43. The standard InChI is InChI=1S/C11H6ClN3O5/c12-6-4-13-11(14-5-6)20-7-1-2-9(15(18)19)8(3-7)10(16)17/h1-5H,(H,16,17). The molecule has 0 saturated carbocycles. The fourth-order valence-electron chi connectivity index (χ4n) is 1.37. The molecule has 0 aliphatic heterocycles. The molecule has 0 saturated heterocycles. The maximum atomic E-state index is 11.0. The number of nitrogens with zero attached hydrogens (tertiary/aromatic N) is 3. The van der Waals surface area contributed by atoms with Crippen molar-refractivity contribution in [3.63, 3.8) is 0 Å². The second-order valence-electron chi connectivity index (χ2n) is 3.53. The normalized spacial score (nSPS) is 10.1. The van der Waals surface area contributed by atoms with Gasteiger partial charge in [-0.1, -0.05) is 11.6 Å². The fraction of sp³-hybridized carbons (Fsp3) is 0. The highest BCUT2D eigenvalue weighted by Crippen LogP contribution is 2.26. The quantitative estimate of drug-likeness (QED) is 0.680. The van der Waals surface area contributed by atoms with E-state index < -0.39 is 22.1 Å². The number of ether oxygens (including phenoxy) is 1. The van der Waals surface area contributed by atoms with Gasteiger partial charge in [-0.25, -0.2) is 14.8 Å². The van der Waals surface area contributed by atoms with Crippen molar-refractivity contribution in [2.24, 2.45) is 0 Å². The summed E-state index contributed by atoms with van der Waals surface area (Å²) in [7, 11) is 0. The number of nitro groups is 1. The Hall–Kier alpha value is -2.74. The molecule has 9 heteroatoms. The highest BCUT2D eigenvalue weighted by Gasteiger charge is 2.20. The average Bonchev–Trinajstić information content (AvgIpc) is 2.41. The lowest BCUT2D eigenvalue weighted by molar-refractivity contribution is -0.385. The average molecular weight is 296 g/mol. The second-order valence-corrected chi connectivity index (χ2v) is 3.96. The van der Waals surface area contributed by atoms with Gasteiger partial charge in [-0.05, 0) is 6.07 Å². The van der Waals surface area contributed by atoms with Gasteiger partial charge in [0.1, 0.15) is 11.3 Å². The Labute approximate surface area is 116 Å². The van der Waals surface area contributed by atoms with Crippen LogP contribution in [0.5, 0.6) is 11.8 Å². The number of carboxylic acid groups (broad SMARTS) is 1. The van der Waals surface area contributed by atoms with E-state index in [0.717, 1.165) is 12.1 Å². The molecule has 2 aromatic rings. The van der Waals surface area contributed by atoms with E-state index in [4.69, 9.17) is 21.4 Å². The van der Waals surface area contributed by atoms with Crippen LogP contribution in [-0.4, -0.2) is 26.0 Å². The lowest BCUT2D eigenvalue weighted by Gasteiger charge is -2.04. The third-order valence-electron chi connectivity index (χ3n) is 2.20. The summed E-state index contributed by atoms with van der Waals surface area (Å²) in [5, 5.41) is 19.9. The summed E-state index contributed by atoms with van der Waals surface area (Å²) in [4.78, 5) is 28.4. The largest absolute Gasteiger partial charge is 0.477 e. The highest BCUT2D eigenvalue weighted by atomic mass is 35.5. The number of benzene rings is 1. The summed E-state index contributed by atoms with van der Waals surface area (Å²) in [6, 6.07) is 3.26. The van der Waals surface area contributed by atoms with Gasteiger partial charge < -0.3 is 9.84 Å². The van der Waals surface area contributed by atoms with E-state index in [2.05, 4.69) is 9.97 Å². The zero-order valence-corrected chi connectivity index (χ0v) is 10.4. The van der Waals surface area contributed by atoms with Crippen LogP contribution in [0.2, 0.25) is 5.02 Å². The van der Waals surface area contributed by atoms with E-state index in [0.29, 0.717) is 5.02 Å². The lowest BCUT2D eigenvalue weighted by atomic mass is 10.2. The number of nitro benzene ring substituents is 1. The first-order chi connectivity index (χ1) is 9.47. The molecule has 0 spiro atoms. The Morgan fingerprint density at radius 2 is 2.00 bits per heavy atom. The first-order valence-corrected chi connectivity index (χ1v) is 5.52. The highest BCUT2D eigenvalue weighted by molar-refractivity contribution is 6.30. The van der Waals surface area contributed by atoms with Crippen molar-refractivity contribution in [2.75, 3.05) is 0 Å². The van der Waals surface area contributed by atoms with Crippen LogP contribution < -0.4 is 4.74 Å². The number of hydrogen-bond acceptors (Lipinski definition) is 6. The summed E-state index contributed by atoms with van der Waals surface area (Å²) in [5.74, 6) is -1.37. The molecule has 8 nitrogen and oxygen atoms in total. The van der Waals surface area contributed by atoms with Gasteiger partial charge >= 0.3 is 12.0 Å². The molecule has 1 aromatic heterocycles. The zero-order chi connectivity index (χ0) is 14.7. The summed E-state index contributed by atoms with van der Waals surface area (Å²) < 4.78 is 5.19. The summed E-state index contributed by atoms with van der Waals surface area (Å²) in [5.41, 5.74) is -1.01. The maximum absolute atomic E-state index is 11.0. The topological polar surface area (TPSA) is 115 Å². The van der Waals surface area contributed by atoms with Gasteiger partial charge in [0.2, 0.25) is 0 Å². The third-order valence-corrected chi connectivity index (χ3v) is 2.40. The Balaban J connectivity index is 2.34. The molecule has 20 heavy (non-hydrogen) atoms. The molecule has 0 radical (unpaired) electrons. The van der Waals surface area contributed by atoms with Gasteiger partial charge in [0.25, 0.3) is 5.69 Å². The van der Waals surface area contributed by atoms with Gasteiger partial charge in [-0.2, -0.15) is 0 Å². The first kappa shape index (κ1) is 13.7. The van der Waals surface area contributed by atoms with Crippen LogP contribution in [0.4, 0.5) is 5.69 Å². The smallest absolute Gasteiger partial charge is 0.342 e. The van der Waals surface area contributed by atoms with Crippen LogP contribution in [-0.2, 0) is 0 Å². The molecule has 0 unspecified atom stereocenters. The van der Waals surface area contributed by atoms with E-state index in [9.17, 15) is 14.9 Å². The first-order valence-electron chi connectivity index (χ1n) is 5.14. The van der Waals surface area contributed by atoms with Crippen LogP contribution in [0.3, 0.4) is 0 Å². The van der Waals surface area contributed by atoms with Crippen molar-refractivity contribution in [2.45, 2.75) is 0 Å². The minimum Gasteiger partial charge on any atom is -0.477 e. The van der Waals surface area contributed by atoms with Crippen molar-refractivity contribution in [3.8, 4) is 11.8 Å². The van der Waals surface area contributed by atoms with Crippen LogP contribution >= 0.6 is 11.6 Å². The van der Waals surface area contributed by atoms with Gasteiger partial charge in [-0.3, -0.25) is 10.1 Å². The molecule has 1 heterocycles. The van der Waals surface area contributed by atoms with Gasteiger partial charge in [-0.15, -0.1) is 0 Å². The van der Waals surface area contributed by atoms with Gasteiger partial charge in [0, 0.05) is 12.1 Å². The maximum Gasteiger partial charge on any atom is 0.342 e. The Bertz CT molecular complexity index is 674. The molecular weight excluding hydrogens is 290 g/mol. The van der Waals surface area contributed by atoms with Crippen LogP contribution in [0.15, 0.2) is 30.6 Å². The Kier molecular flexibility index (Phi) is 3.76. The molecule has 2 rings (SSSR count). The predicted molar refractivity (Wildman–Crippen MR) is 67.2 cm³/mol. The number of rotatable bonds is 4. The fourth-order valence-corrected chi connectivity index (χ4v) is 1.47. The predicted octanol–water partition coefficient (Wildman–Crippen LogP) is 2.53. The molecule has 0 atom stereocenters. The number of carbonyl (C=O) groups is 1. The molecule has 0 fully saturated rings. The summed E-state index contributed by atoms with van der Waals surface area (Å²) in [6.45, 7) is 0. The van der Waals surface area contributed by atoms with Gasteiger partial charge in [0.05, 0.1) is 22.3 Å². The minimum absolute atomic E-state index is 0.0559. The van der Waals surface area contributed by atoms with Crippen LogP contribution in [0.1, 0.15) is 10.4 Å². The number of aromatic carboxylic acids is 1. The van der Waals surface area contributed by atoms with Crippen LogP contribution in [0, 0.1) is 10.1 Å². The summed E-state index contributed by atoms with van der Waals surface area (Å²) >= 11 is 5.60. The van der Waals surface area contributed by atoms with Crippen molar-refractivity contribution in [1.82, 2.24) is 9.97 Å². The van der Waals surface area contributed by atoms with Crippen molar-refractivity contribution < 1.29 is 19.6 Å². The lowest BCUT2D eigenvalue weighted by Crippen LogP contribution is -2.03. The van der Waals surface area contributed by atoms with E-state index >= 15 is 0 Å².